The highest BCUT2D eigenvalue weighted by molar-refractivity contribution is 6.35. The molecule has 0 aromatic rings. The predicted octanol–water partition coefficient (Wildman–Crippen LogP) is -1.23. The molecule has 2 amide bonds. The van der Waals surface area contributed by atoms with E-state index in [-0.39, 0.29) is 6.54 Å². The number of hydrogen-bond donors (Lipinski definition) is 0. The summed E-state index contributed by atoms with van der Waals surface area (Å²) in [6.45, 7) is 1.19. The molecule has 0 saturated carbocycles. The van der Waals surface area contributed by atoms with Crippen molar-refractivity contribution in [2.24, 2.45) is 0 Å². The van der Waals surface area contributed by atoms with Crippen LogP contribution in [0.4, 0.5) is 0 Å². The van der Waals surface area contributed by atoms with Crippen LogP contribution in [0.2, 0.25) is 0 Å². The standard InChI is InChI=1S/C9H13N3O2/c1-4-5-11-6-7-12(10(2)3)9(14)8(11)13/h1H,5-7H2,2-3H3. The van der Waals surface area contributed by atoms with Crippen LogP contribution < -0.4 is 0 Å². The van der Waals surface area contributed by atoms with Crippen LogP contribution in [0.1, 0.15) is 0 Å². The molecular formula is C9H13N3O2. The molecule has 1 saturated heterocycles. The number of hydrogen-bond acceptors (Lipinski definition) is 3. The highest BCUT2D eigenvalue weighted by Gasteiger charge is 2.32. The van der Waals surface area contributed by atoms with Crippen LogP contribution in [0.15, 0.2) is 0 Å². The lowest BCUT2D eigenvalue weighted by molar-refractivity contribution is -0.165. The molecule has 1 aliphatic rings. The predicted molar refractivity (Wildman–Crippen MR) is 50.8 cm³/mol. The monoisotopic (exact) mass is 195 g/mol. The summed E-state index contributed by atoms with van der Waals surface area (Å²) in [6.07, 6.45) is 5.08. The van der Waals surface area contributed by atoms with Gasteiger partial charge < -0.3 is 4.90 Å². The molecule has 76 valence electrons. The van der Waals surface area contributed by atoms with Crippen LogP contribution >= 0.6 is 0 Å². The van der Waals surface area contributed by atoms with Gasteiger partial charge in [0, 0.05) is 20.6 Å². The van der Waals surface area contributed by atoms with Gasteiger partial charge in [-0.3, -0.25) is 14.6 Å². The first-order chi connectivity index (χ1) is 6.57. The number of amides is 2. The number of carbonyl (C=O) groups excluding carboxylic acids is 2. The Morgan fingerprint density at radius 3 is 2.50 bits per heavy atom. The lowest BCUT2D eigenvalue weighted by Crippen LogP contribution is -2.58. The van der Waals surface area contributed by atoms with Crippen molar-refractivity contribution in [1.82, 2.24) is 14.9 Å². The maximum Gasteiger partial charge on any atom is 0.326 e. The van der Waals surface area contributed by atoms with Crippen molar-refractivity contribution in [3.63, 3.8) is 0 Å². The molecule has 0 radical (unpaired) electrons. The van der Waals surface area contributed by atoms with Gasteiger partial charge in [-0.05, 0) is 0 Å². The van der Waals surface area contributed by atoms with Crippen LogP contribution in [0.5, 0.6) is 0 Å². The topological polar surface area (TPSA) is 43.9 Å². The van der Waals surface area contributed by atoms with Gasteiger partial charge in [0.1, 0.15) is 0 Å². The molecule has 1 heterocycles. The Balaban J connectivity index is 2.71. The molecule has 0 aromatic heterocycles. The number of terminal acetylenes is 1. The maximum absolute atomic E-state index is 11.5. The van der Waals surface area contributed by atoms with E-state index in [4.69, 9.17) is 6.42 Å². The highest BCUT2D eigenvalue weighted by atomic mass is 16.2. The van der Waals surface area contributed by atoms with Crippen molar-refractivity contribution in [3.8, 4) is 12.3 Å². The first kappa shape index (κ1) is 10.5. The minimum absolute atomic E-state index is 0.200. The average molecular weight is 195 g/mol. The lowest BCUT2D eigenvalue weighted by atomic mass is 10.3. The van der Waals surface area contributed by atoms with E-state index in [1.54, 1.807) is 19.1 Å². The van der Waals surface area contributed by atoms with Gasteiger partial charge in [-0.15, -0.1) is 6.42 Å². The van der Waals surface area contributed by atoms with Crippen LogP contribution in [0.25, 0.3) is 0 Å². The van der Waals surface area contributed by atoms with E-state index < -0.39 is 11.8 Å². The van der Waals surface area contributed by atoms with E-state index in [1.165, 1.54) is 9.91 Å². The molecule has 0 N–H and O–H groups in total. The first-order valence-electron chi connectivity index (χ1n) is 4.29. The Kier molecular flexibility index (Phi) is 3.10. The zero-order valence-corrected chi connectivity index (χ0v) is 8.36. The normalized spacial score (nSPS) is 17.6. The molecule has 5 nitrogen and oxygen atoms in total. The zero-order valence-electron chi connectivity index (χ0n) is 8.36. The molecule has 0 unspecified atom stereocenters. The fourth-order valence-electron chi connectivity index (χ4n) is 1.31. The second-order valence-corrected chi connectivity index (χ2v) is 3.21. The molecule has 1 fully saturated rings. The van der Waals surface area contributed by atoms with Crippen molar-refractivity contribution in [2.75, 3.05) is 33.7 Å². The van der Waals surface area contributed by atoms with Crippen molar-refractivity contribution in [3.05, 3.63) is 0 Å². The summed E-state index contributed by atoms with van der Waals surface area (Å²) < 4.78 is 0. The Labute approximate surface area is 83.2 Å². The smallest absolute Gasteiger partial charge is 0.321 e. The molecule has 1 aliphatic heterocycles. The Hall–Kier alpha value is -1.54. The van der Waals surface area contributed by atoms with E-state index in [0.29, 0.717) is 13.1 Å². The Morgan fingerprint density at radius 1 is 1.36 bits per heavy atom. The Morgan fingerprint density at radius 2 is 2.00 bits per heavy atom. The van der Waals surface area contributed by atoms with Crippen LogP contribution in [-0.2, 0) is 9.59 Å². The van der Waals surface area contributed by atoms with Gasteiger partial charge in [-0.2, -0.15) is 0 Å². The van der Waals surface area contributed by atoms with E-state index in [0.717, 1.165) is 0 Å². The molecule has 5 heteroatoms. The molecule has 0 spiro atoms. The lowest BCUT2D eigenvalue weighted by Gasteiger charge is -2.36. The molecule has 0 aliphatic carbocycles. The van der Waals surface area contributed by atoms with E-state index in [2.05, 4.69) is 5.92 Å². The first-order valence-corrected chi connectivity index (χ1v) is 4.29. The zero-order chi connectivity index (χ0) is 10.7. The van der Waals surface area contributed by atoms with E-state index >= 15 is 0 Å². The van der Waals surface area contributed by atoms with Crippen molar-refractivity contribution in [2.45, 2.75) is 0 Å². The van der Waals surface area contributed by atoms with Crippen molar-refractivity contribution >= 4 is 11.8 Å². The van der Waals surface area contributed by atoms with Gasteiger partial charge in [0.25, 0.3) is 0 Å². The molecule has 0 bridgehead atoms. The largest absolute Gasteiger partial charge is 0.326 e. The van der Waals surface area contributed by atoms with Gasteiger partial charge in [0.05, 0.1) is 13.1 Å². The summed E-state index contributed by atoms with van der Waals surface area (Å²) >= 11 is 0. The van der Waals surface area contributed by atoms with Crippen molar-refractivity contribution < 1.29 is 9.59 Å². The number of hydrazine groups is 1. The fraction of sp³-hybridized carbons (Fsp3) is 0.556. The van der Waals surface area contributed by atoms with Gasteiger partial charge >= 0.3 is 11.8 Å². The second-order valence-electron chi connectivity index (χ2n) is 3.21. The molecule has 0 atom stereocenters. The number of rotatable bonds is 2. The summed E-state index contributed by atoms with van der Waals surface area (Å²) in [5.41, 5.74) is 0. The number of nitrogens with zero attached hydrogens (tertiary/aromatic N) is 3. The summed E-state index contributed by atoms with van der Waals surface area (Å²) in [5.74, 6) is 1.31. The van der Waals surface area contributed by atoms with E-state index in [9.17, 15) is 9.59 Å². The number of piperazine rings is 1. The third kappa shape index (κ3) is 1.86. The Bertz CT molecular complexity index is 293. The summed E-state index contributed by atoms with van der Waals surface area (Å²) in [6, 6.07) is 0. The maximum atomic E-state index is 11.5. The van der Waals surface area contributed by atoms with Gasteiger partial charge in [0.2, 0.25) is 0 Å². The molecular weight excluding hydrogens is 182 g/mol. The van der Waals surface area contributed by atoms with Crippen LogP contribution in [0, 0.1) is 12.3 Å². The quantitative estimate of drug-likeness (QED) is 0.409. The highest BCUT2D eigenvalue weighted by Crippen LogP contribution is 2.05. The summed E-state index contributed by atoms with van der Waals surface area (Å²) in [4.78, 5) is 24.3. The fourth-order valence-corrected chi connectivity index (χ4v) is 1.31. The van der Waals surface area contributed by atoms with Crippen molar-refractivity contribution in [1.29, 1.82) is 0 Å². The van der Waals surface area contributed by atoms with Crippen LogP contribution in [-0.4, -0.2) is 60.5 Å². The third-order valence-electron chi connectivity index (χ3n) is 2.05. The summed E-state index contributed by atoms with van der Waals surface area (Å²) in [5, 5.41) is 3.00. The van der Waals surface area contributed by atoms with Gasteiger partial charge in [-0.25, -0.2) is 5.01 Å². The third-order valence-corrected chi connectivity index (χ3v) is 2.05. The molecule has 1 rings (SSSR count). The second kappa shape index (κ2) is 4.11. The van der Waals surface area contributed by atoms with Gasteiger partial charge in [0.15, 0.2) is 0 Å². The minimum atomic E-state index is -0.525. The van der Waals surface area contributed by atoms with Gasteiger partial charge in [-0.1, -0.05) is 5.92 Å². The SMILES string of the molecule is C#CCN1CCN(N(C)C)C(=O)C1=O. The summed E-state index contributed by atoms with van der Waals surface area (Å²) in [7, 11) is 3.45. The number of carbonyl (C=O) groups is 2. The van der Waals surface area contributed by atoms with E-state index in [1.807, 2.05) is 0 Å². The molecule has 0 aromatic carbocycles. The molecule has 14 heavy (non-hydrogen) atoms. The van der Waals surface area contributed by atoms with Crippen LogP contribution in [0.3, 0.4) is 0 Å². The average Bonchev–Trinajstić information content (AvgIpc) is 2.13. The minimum Gasteiger partial charge on any atom is -0.321 e.